The lowest BCUT2D eigenvalue weighted by atomic mass is 9.71. The molecule has 0 aliphatic carbocycles. The van der Waals surface area contributed by atoms with Crippen LogP contribution in [0.4, 0.5) is 0 Å². The maximum absolute atomic E-state index is 11.4. The van der Waals surface area contributed by atoms with Crippen LogP contribution in [0, 0.1) is 0 Å². The molecule has 0 saturated heterocycles. The molecule has 1 aliphatic rings. The van der Waals surface area contributed by atoms with E-state index < -0.39 is 19.1 Å². The van der Waals surface area contributed by atoms with E-state index in [1.54, 1.807) is 30.3 Å². The average Bonchev–Trinajstić information content (AvgIpc) is 2.66. The lowest BCUT2D eigenvalue weighted by molar-refractivity contribution is 0.0694. The van der Waals surface area contributed by atoms with Gasteiger partial charge in [0.25, 0.3) is 0 Å². The molecule has 27 heavy (non-hydrogen) atoms. The van der Waals surface area contributed by atoms with Crippen molar-refractivity contribution in [3.8, 4) is 11.5 Å². The summed E-state index contributed by atoms with van der Waals surface area (Å²) in [4.78, 5) is 11.4. The first-order valence-electron chi connectivity index (χ1n) is 8.45. The highest BCUT2D eigenvalue weighted by atomic mass is 16.6. The molecule has 0 spiro atoms. The molecule has 7 nitrogen and oxygen atoms in total. The van der Waals surface area contributed by atoms with Gasteiger partial charge in [0.1, 0.15) is 11.5 Å². The molecule has 1 aliphatic heterocycles. The van der Waals surface area contributed by atoms with Crippen molar-refractivity contribution < 1.29 is 24.3 Å². The fourth-order valence-electron chi connectivity index (χ4n) is 3.13. The van der Waals surface area contributed by atoms with Crippen LogP contribution < -0.4 is 15.7 Å². The summed E-state index contributed by atoms with van der Waals surface area (Å²) in [5, 5.41) is 22.0. The Labute approximate surface area is 157 Å². The average molecular weight is 368 g/mol. The number of fused-ring (bicyclic) bond motifs is 1. The Kier molecular flexibility index (Phi) is 5.39. The van der Waals surface area contributed by atoms with Crippen molar-refractivity contribution in [3.63, 3.8) is 0 Å². The molecular formula is C19H21BN2O5. The summed E-state index contributed by atoms with van der Waals surface area (Å²) in [6.07, 6.45) is 0.496. The van der Waals surface area contributed by atoms with Crippen molar-refractivity contribution in [1.29, 1.82) is 0 Å². The molecular weight excluding hydrogens is 347 g/mol. The Morgan fingerprint density at radius 2 is 2.07 bits per heavy atom. The number of benzene rings is 2. The summed E-state index contributed by atoms with van der Waals surface area (Å²) < 4.78 is 11.2. The highest BCUT2D eigenvalue weighted by Crippen LogP contribution is 2.31. The molecule has 0 amide bonds. The van der Waals surface area contributed by atoms with Gasteiger partial charge in [0.15, 0.2) is 0 Å². The van der Waals surface area contributed by atoms with E-state index in [2.05, 4.69) is 11.9 Å². The number of rotatable bonds is 6. The van der Waals surface area contributed by atoms with E-state index in [4.69, 9.17) is 15.0 Å². The fourth-order valence-corrected chi connectivity index (χ4v) is 3.13. The number of aromatic hydroxyl groups is 1. The van der Waals surface area contributed by atoms with Crippen LogP contribution in [0.2, 0.25) is 0 Å². The van der Waals surface area contributed by atoms with Crippen LogP contribution in [-0.4, -0.2) is 36.4 Å². The second kappa shape index (κ2) is 7.73. The van der Waals surface area contributed by atoms with Gasteiger partial charge in [0, 0.05) is 12.8 Å². The molecule has 3 rings (SSSR count). The lowest BCUT2D eigenvalue weighted by Crippen LogP contribution is -2.52. The van der Waals surface area contributed by atoms with Gasteiger partial charge in [0.2, 0.25) is 0 Å². The van der Waals surface area contributed by atoms with Crippen LogP contribution in [0.3, 0.4) is 0 Å². The van der Waals surface area contributed by atoms with Crippen LogP contribution in [0.25, 0.3) is 0 Å². The quantitative estimate of drug-likeness (QED) is 0.576. The Morgan fingerprint density at radius 1 is 1.37 bits per heavy atom. The SMILES string of the molecule is C=C(NC1Cc2cccc(C(=O)O)c2OB1OC)C(N)c1ccc(O)cc1. The number of hydrogen-bond acceptors (Lipinski definition) is 6. The van der Waals surface area contributed by atoms with Gasteiger partial charge in [-0.2, -0.15) is 0 Å². The minimum absolute atomic E-state index is 0.104. The summed E-state index contributed by atoms with van der Waals surface area (Å²) in [5.74, 6) is -0.854. The molecule has 0 aromatic heterocycles. The molecule has 2 aromatic carbocycles. The Bertz CT molecular complexity index is 856. The zero-order valence-corrected chi connectivity index (χ0v) is 14.9. The molecule has 1 heterocycles. The summed E-state index contributed by atoms with van der Waals surface area (Å²) >= 11 is 0. The number of carbonyl (C=O) groups is 1. The highest BCUT2D eigenvalue weighted by Gasteiger charge is 2.39. The first kappa shape index (κ1) is 18.8. The van der Waals surface area contributed by atoms with Crippen molar-refractivity contribution in [2.45, 2.75) is 18.4 Å². The standard InChI is InChI=1S/C19H21BN2O5/c1-11(17(21)12-6-8-14(23)9-7-12)22-16-10-13-4-3-5-15(19(24)25)18(13)27-20(16)26-2/h3-9,16-17,22-23H,1,10,21H2,2H3,(H,24,25). The maximum Gasteiger partial charge on any atom is 0.549 e. The van der Waals surface area contributed by atoms with Gasteiger partial charge in [-0.25, -0.2) is 4.79 Å². The topological polar surface area (TPSA) is 114 Å². The molecule has 2 atom stereocenters. The molecule has 2 aromatic rings. The maximum atomic E-state index is 11.4. The first-order chi connectivity index (χ1) is 12.9. The number of carboxylic acid groups (broad SMARTS) is 1. The zero-order chi connectivity index (χ0) is 19.6. The largest absolute Gasteiger partial charge is 0.549 e. The van der Waals surface area contributed by atoms with Crippen molar-refractivity contribution in [2.24, 2.45) is 5.73 Å². The van der Waals surface area contributed by atoms with E-state index in [1.165, 1.54) is 13.2 Å². The molecule has 2 unspecified atom stereocenters. The number of nitrogens with one attached hydrogen (secondary N) is 1. The van der Waals surface area contributed by atoms with Crippen molar-refractivity contribution in [2.75, 3.05) is 7.11 Å². The second-order valence-electron chi connectivity index (χ2n) is 6.37. The molecule has 140 valence electrons. The minimum atomic E-state index is -1.05. The van der Waals surface area contributed by atoms with E-state index >= 15 is 0 Å². The van der Waals surface area contributed by atoms with E-state index in [-0.39, 0.29) is 17.3 Å². The number of nitrogens with two attached hydrogens (primary N) is 1. The van der Waals surface area contributed by atoms with Crippen LogP contribution >= 0.6 is 0 Å². The summed E-state index contributed by atoms with van der Waals surface area (Å²) in [6.45, 7) is 4.01. The van der Waals surface area contributed by atoms with E-state index in [0.29, 0.717) is 17.9 Å². The van der Waals surface area contributed by atoms with E-state index in [0.717, 1.165) is 11.1 Å². The number of para-hydroxylation sites is 1. The Hall–Kier alpha value is -2.97. The molecule has 0 bridgehead atoms. The molecule has 0 saturated carbocycles. The third kappa shape index (κ3) is 3.91. The Balaban J connectivity index is 1.78. The van der Waals surface area contributed by atoms with Crippen LogP contribution in [-0.2, 0) is 11.1 Å². The van der Waals surface area contributed by atoms with Gasteiger partial charge in [-0.1, -0.05) is 30.8 Å². The molecule has 5 N–H and O–H groups in total. The number of carboxylic acids is 1. The number of aromatic carboxylic acids is 1. The smallest absolute Gasteiger partial charge is 0.534 e. The van der Waals surface area contributed by atoms with Gasteiger partial charge in [-0.3, -0.25) is 0 Å². The predicted molar refractivity (Wildman–Crippen MR) is 102 cm³/mol. The third-order valence-corrected chi connectivity index (χ3v) is 4.56. The van der Waals surface area contributed by atoms with Gasteiger partial charge >= 0.3 is 13.1 Å². The van der Waals surface area contributed by atoms with Crippen molar-refractivity contribution in [1.82, 2.24) is 5.32 Å². The molecule has 0 radical (unpaired) electrons. The lowest BCUT2D eigenvalue weighted by Gasteiger charge is -2.32. The minimum Gasteiger partial charge on any atom is -0.534 e. The fraction of sp³-hybridized carbons (Fsp3) is 0.211. The number of hydrogen-bond donors (Lipinski definition) is 4. The summed E-state index contributed by atoms with van der Waals surface area (Å²) in [7, 11) is 0.804. The number of phenolic OH excluding ortho intramolecular Hbond substituents is 1. The van der Waals surface area contributed by atoms with Gasteiger partial charge in [-0.15, -0.1) is 0 Å². The number of phenols is 1. The second-order valence-corrected chi connectivity index (χ2v) is 6.37. The van der Waals surface area contributed by atoms with Gasteiger partial charge in [0.05, 0.1) is 17.5 Å². The van der Waals surface area contributed by atoms with Crippen LogP contribution in [0.1, 0.15) is 27.5 Å². The summed E-state index contributed by atoms with van der Waals surface area (Å²) in [6, 6.07) is 11.1. The predicted octanol–water partition coefficient (Wildman–Crippen LogP) is 1.87. The monoisotopic (exact) mass is 368 g/mol. The normalized spacial score (nSPS) is 16.8. The van der Waals surface area contributed by atoms with Gasteiger partial charge < -0.3 is 30.6 Å². The van der Waals surface area contributed by atoms with Gasteiger partial charge in [-0.05, 0) is 35.7 Å². The van der Waals surface area contributed by atoms with Crippen LogP contribution in [0.15, 0.2) is 54.7 Å². The first-order valence-corrected chi connectivity index (χ1v) is 8.45. The van der Waals surface area contributed by atoms with Crippen molar-refractivity contribution >= 4 is 13.1 Å². The summed E-state index contributed by atoms with van der Waals surface area (Å²) in [5.41, 5.74) is 8.48. The van der Waals surface area contributed by atoms with Crippen LogP contribution in [0.5, 0.6) is 11.5 Å². The third-order valence-electron chi connectivity index (χ3n) is 4.56. The highest BCUT2D eigenvalue weighted by molar-refractivity contribution is 6.48. The molecule has 0 fully saturated rings. The zero-order valence-electron chi connectivity index (χ0n) is 14.9. The molecule has 8 heteroatoms. The van der Waals surface area contributed by atoms with E-state index in [9.17, 15) is 15.0 Å². The van der Waals surface area contributed by atoms with Crippen molar-refractivity contribution in [3.05, 3.63) is 71.4 Å². The Morgan fingerprint density at radius 3 is 2.70 bits per heavy atom. The van der Waals surface area contributed by atoms with E-state index in [1.807, 2.05) is 6.07 Å².